The Labute approximate surface area is 117 Å². The number of nitrogens with one attached hydrogen (secondary N) is 2. The highest BCUT2D eigenvalue weighted by Crippen LogP contribution is 2.22. The van der Waals surface area contributed by atoms with E-state index in [1.54, 1.807) is 6.20 Å². The molecule has 4 N–H and O–H groups in total. The molecule has 0 spiro atoms. The predicted octanol–water partition coefficient (Wildman–Crippen LogP) is 1.92. The Morgan fingerprint density at radius 3 is 2.83 bits per heavy atom. The number of thioether (sulfide) groups is 1. The number of aromatic amines is 1. The Morgan fingerprint density at radius 2 is 2.17 bits per heavy atom. The third-order valence-electron chi connectivity index (χ3n) is 2.21. The van der Waals surface area contributed by atoms with Crippen LogP contribution in [0.1, 0.15) is 0 Å². The third kappa shape index (κ3) is 3.34. The number of nitrogens with zero attached hydrogens (tertiary/aromatic N) is 1. The van der Waals surface area contributed by atoms with Crippen molar-refractivity contribution in [1.82, 2.24) is 15.4 Å². The van der Waals surface area contributed by atoms with Crippen molar-refractivity contribution in [2.24, 2.45) is 5.84 Å². The predicted molar refractivity (Wildman–Crippen MR) is 74.8 cm³/mol. The second kappa shape index (κ2) is 6.03. The summed E-state index contributed by atoms with van der Waals surface area (Å²) in [6.07, 6.45) is 1.74. The lowest BCUT2D eigenvalue weighted by atomic mass is 10.2. The van der Waals surface area contributed by atoms with E-state index >= 15 is 0 Å². The first kappa shape index (κ1) is 13.1. The SMILES string of the molecule is NNC(=O)CSc1ncc(-c2ccc(Br)cc2)[nH]1. The van der Waals surface area contributed by atoms with Gasteiger partial charge in [-0.15, -0.1) is 0 Å². The molecule has 0 unspecified atom stereocenters. The molecule has 1 aromatic heterocycles. The first-order valence-electron chi connectivity index (χ1n) is 5.12. The molecule has 7 heteroatoms. The average Bonchev–Trinajstić information content (AvgIpc) is 2.85. The number of hydrazine groups is 1. The maximum absolute atomic E-state index is 11.0. The van der Waals surface area contributed by atoms with Crippen molar-refractivity contribution in [2.45, 2.75) is 5.16 Å². The van der Waals surface area contributed by atoms with Crippen molar-refractivity contribution in [3.8, 4) is 11.3 Å². The van der Waals surface area contributed by atoms with Gasteiger partial charge in [-0.25, -0.2) is 10.8 Å². The number of nitrogens with two attached hydrogens (primary N) is 1. The van der Waals surface area contributed by atoms with E-state index in [4.69, 9.17) is 5.84 Å². The fraction of sp³-hybridized carbons (Fsp3) is 0.0909. The number of H-pyrrole nitrogens is 1. The van der Waals surface area contributed by atoms with Crippen molar-refractivity contribution in [2.75, 3.05) is 5.75 Å². The molecular formula is C11H11BrN4OS. The minimum atomic E-state index is -0.235. The zero-order valence-corrected chi connectivity index (χ0v) is 11.7. The second-order valence-corrected chi connectivity index (χ2v) is 5.34. The van der Waals surface area contributed by atoms with Gasteiger partial charge < -0.3 is 4.98 Å². The van der Waals surface area contributed by atoms with Crippen molar-refractivity contribution in [1.29, 1.82) is 0 Å². The van der Waals surface area contributed by atoms with Crippen LogP contribution >= 0.6 is 27.7 Å². The van der Waals surface area contributed by atoms with E-state index < -0.39 is 0 Å². The number of carbonyl (C=O) groups is 1. The van der Waals surface area contributed by atoms with Gasteiger partial charge in [-0.3, -0.25) is 10.2 Å². The molecule has 0 radical (unpaired) electrons. The highest BCUT2D eigenvalue weighted by molar-refractivity contribution is 9.10. The largest absolute Gasteiger partial charge is 0.333 e. The molecule has 0 fully saturated rings. The molecule has 1 aromatic carbocycles. The summed E-state index contributed by atoms with van der Waals surface area (Å²) in [6, 6.07) is 7.90. The number of carbonyl (C=O) groups excluding carboxylic acids is 1. The normalized spacial score (nSPS) is 10.3. The van der Waals surface area contributed by atoms with Crippen LogP contribution in [0.15, 0.2) is 40.1 Å². The van der Waals surface area contributed by atoms with Crippen LogP contribution in [0, 0.1) is 0 Å². The van der Waals surface area contributed by atoms with Gasteiger partial charge in [0.2, 0.25) is 5.91 Å². The lowest BCUT2D eigenvalue weighted by molar-refractivity contribution is -0.118. The molecule has 2 aromatic rings. The molecule has 1 amide bonds. The molecular weight excluding hydrogens is 316 g/mol. The van der Waals surface area contributed by atoms with Gasteiger partial charge in [0.1, 0.15) is 0 Å². The molecule has 0 aliphatic rings. The Kier molecular flexibility index (Phi) is 4.40. The minimum absolute atomic E-state index is 0.235. The minimum Gasteiger partial charge on any atom is -0.333 e. The van der Waals surface area contributed by atoms with Crippen LogP contribution in [-0.2, 0) is 4.79 Å². The molecule has 18 heavy (non-hydrogen) atoms. The Hall–Kier alpha value is -1.31. The van der Waals surface area contributed by atoms with Crippen molar-refractivity contribution in [3.05, 3.63) is 34.9 Å². The highest BCUT2D eigenvalue weighted by Gasteiger charge is 2.06. The Bertz CT molecular complexity index is 540. The number of amides is 1. The van der Waals surface area contributed by atoms with Gasteiger partial charge in [0.05, 0.1) is 17.6 Å². The summed E-state index contributed by atoms with van der Waals surface area (Å²) in [5.41, 5.74) is 4.03. The van der Waals surface area contributed by atoms with Crippen LogP contribution in [0.4, 0.5) is 0 Å². The third-order valence-corrected chi connectivity index (χ3v) is 3.62. The topological polar surface area (TPSA) is 83.8 Å². The van der Waals surface area contributed by atoms with E-state index in [9.17, 15) is 4.79 Å². The number of benzene rings is 1. The van der Waals surface area contributed by atoms with Crippen molar-refractivity contribution in [3.63, 3.8) is 0 Å². The van der Waals surface area contributed by atoms with Gasteiger partial charge >= 0.3 is 0 Å². The quantitative estimate of drug-likeness (QED) is 0.347. The smallest absolute Gasteiger partial charge is 0.244 e. The Balaban J connectivity index is 2.06. The van der Waals surface area contributed by atoms with E-state index in [1.165, 1.54) is 11.8 Å². The molecule has 0 aliphatic carbocycles. The summed E-state index contributed by atoms with van der Waals surface area (Å²) in [5, 5.41) is 0.691. The maximum Gasteiger partial charge on any atom is 0.244 e. The lowest BCUT2D eigenvalue weighted by Gasteiger charge is -1.98. The van der Waals surface area contributed by atoms with Gasteiger partial charge in [0, 0.05) is 4.47 Å². The summed E-state index contributed by atoms with van der Waals surface area (Å²) in [5.74, 6) is 5.00. The zero-order valence-electron chi connectivity index (χ0n) is 9.31. The van der Waals surface area contributed by atoms with E-state index in [-0.39, 0.29) is 11.7 Å². The molecule has 2 rings (SSSR count). The summed E-state index contributed by atoms with van der Waals surface area (Å²) in [6.45, 7) is 0. The van der Waals surface area contributed by atoms with Gasteiger partial charge in [0.15, 0.2) is 5.16 Å². The molecule has 0 saturated carbocycles. The number of imidazole rings is 1. The summed E-state index contributed by atoms with van der Waals surface area (Å²) >= 11 is 4.69. The number of hydrogen-bond donors (Lipinski definition) is 3. The maximum atomic E-state index is 11.0. The molecule has 0 aliphatic heterocycles. The van der Waals surface area contributed by atoms with Gasteiger partial charge in [-0.2, -0.15) is 0 Å². The molecule has 94 valence electrons. The number of aromatic nitrogens is 2. The second-order valence-electron chi connectivity index (χ2n) is 3.47. The number of halogens is 1. The monoisotopic (exact) mass is 326 g/mol. The molecule has 0 atom stereocenters. The lowest BCUT2D eigenvalue weighted by Crippen LogP contribution is -2.31. The van der Waals surface area contributed by atoms with Crippen LogP contribution in [0.2, 0.25) is 0 Å². The molecule has 0 saturated heterocycles. The fourth-order valence-corrected chi connectivity index (χ4v) is 2.25. The van der Waals surface area contributed by atoms with Crippen LogP contribution in [0.3, 0.4) is 0 Å². The van der Waals surface area contributed by atoms with Gasteiger partial charge in [-0.1, -0.05) is 39.8 Å². The van der Waals surface area contributed by atoms with Crippen molar-refractivity contribution >= 4 is 33.6 Å². The van der Waals surface area contributed by atoms with Gasteiger partial charge in [0.25, 0.3) is 0 Å². The van der Waals surface area contributed by atoms with Crippen LogP contribution in [0.25, 0.3) is 11.3 Å². The first-order valence-corrected chi connectivity index (χ1v) is 6.90. The van der Waals surface area contributed by atoms with Gasteiger partial charge in [-0.05, 0) is 17.7 Å². The van der Waals surface area contributed by atoms with Crippen molar-refractivity contribution < 1.29 is 4.79 Å². The summed E-state index contributed by atoms with van der Waals surface area (Å²) in [4.78, 5) is 18.3. The van der Waals surface area contributed by atoms with Crippen LogP contribution in [-0.4, -0.2) is 21.6 Å². The first-order chi connectivity index (χ1) is 8.69. The zero-order chi connectivity index (χ0) is 13.0. The van der Waals surface area contributed by atoms with E-state index in [2.05, 4.69) is 31.3 Å². The summed E-state index contributed by atoms with van der Waals surface area (Å²) < 4.78 is 1.03. The molecule has 5 nitrogen and oxygen atoms in total. The van der Waals surface area contributed by atoms with Crippen LogP contribution in [0.5, 0.6) is 0 Å². The fourth-order valence-electron chi connectivity index (χ4n) is 1.33. The summed E-state index contributed by atoms with van der Waals surface area (Å²) in [7, 11) is 0. The van der Waals surface area contributed by atoms with E-state index in [0.717, 1.165) is 15.7 Å². The average molecular weight is 327 g/mol. The molecule has 0 bridgehead atoms. The Morgan fingerprint density at radius 1 is 1.44 bits per heavy atom. The van der Waals surface area contributed by atoms with E-state index in [0.29, 0.717) is 5.16 Å². The molecule has 1 heterocycles. The standard InChI is InChI=1S/C11H11BrN4OS/c12-8-3-1-7(2-4-8)9-5-14-11(15-9)18-6-10(17)16-13/h1-5H,6,13H2,(H,14,15)(H,16,17). The van der Waals surface area contributed by atoms with Crippen LogP contribution < -0.4 is 11.3 Å². The number of hydrogen-bond acceptors (Lipinski definition) is 4. The number of rotatable bonds is 4. The van der Waals surface area contributed by atoms with E-state index in [1.807, 2.05) is 24.3 Å². The highest BCUT2D eigenvalue weighted by atomic mass is 79.9.